The van der Waals surface area contributed by atoms with Gasteiger partial charge in [0.05, 0.1) is 0 Å². The van der Waals surface area contributed by atoms with Crippen LogP contribution in [0, 0.1) is 12.3 Å². The summed E-state index contributed by atoms with van der Waals surface area (Å²) in [5, 5.41) is 0. The van der Waals surface area contributed by atoms with Crippen molar-refractivity contribution >= 4 is 6.79 Å². The molecule has 0 fully saturated rings. The van der Waals surface area contributed by atoms with Crippen LogP contribution in [0.2, 0.25) is 0 Å². The van der Waals surface area contributed by atoms with Gasteiger partial charge in [0.15, 0.2) is 0 Å². The second-order valence-electron chi connectivity index (χ2n) is 0.954. The molecule has 40 valence electrons. The van der Waals surface area contributed by atoms with Crippen LogP contribution in [0.5, 0.6) is 0 Å². The Morgan fingerprint density at radius 3 is 2.14 bits per heavy atom. The van der Waals surface area contributed by atoms with Gasteiger partial charge < -0.3 is 4.79 Å². The molecule has 0 aromatic carbocycles. The molecular formula is C6H10O. The average Bonchev–Trinajstić information content (AvgIpc) is 1.75. The van der Waals surface area contributed by atoms with Crippen molar-refractivity contribution in [2.75, 3.05) is 0 Å². The van der Waals surface area contributed by atoms with Gasteiger partial charge in [-0.2, -0.15) is 0 Å². The minimum absolute atomic E-state index is 0.917. The summed E-state index contributed by atoms with van der Waals surface area (Å²) in [7, 11) is 0. The van der Waals surface area contributed by atoms with Gasteiger partial charge in [-0.25, -0.2) is 0 Å². The maximum atomic E-state index is 8.00. The number of hydrogen-bond donors (Lipinski definition) is 0. The molecular weight excluding hydrogens is 88.1 g/mol. The second-order valence-corrected chi connectivity index (χ2v) is 0.954. The smallest absolute Gasteiger partial charge is 0.106 e. The van der Waals surface area contributed by atoms with Gasteiger partial charge in [0.25, 0.3) is 0 Å². The van der Waals surface area contributed by atoms with Gasteiger partial charge in [-0.1, -0.05) is 6.92 Å². The highest BCUT2D eigenvalue weighted by atomic mass is 16.1. The predicted molar refractivity (Wildman–Crippen MR) is 30.9 cm³/mol. The van der Waals surface area contributed by atoms with Crippen molar-refractivity contribution in [2.45, 2.75) is 19.8 Å². The number of carbonyl (C=O) groups is 1. The summed E-state index contributed by atoms with van der Waals surface area (Å²) in [4.78, 5) is 8.00. The van der Waals surface area contributed by atoms with E-state index in [0.717, 1.165) is 12.8 Å². The predicted octanol–water partition coefficient (Wildman–Crippen LogP) is 1.23. The van der Waals surface area contributed by atoms with E-state index in [1.807, 2.05) is 6.79 Å². The fourth-order valence-electron chi connectivity index (χ4n) is 0.144. The van der Waals surface area contributed by atoms with Crippen molar-refractivity contribution in [3.63, 3.8) is 0 Å². The molecule has 0 radical (unpaired) electrons. The summed E-state index contributed by atoms with van der Waals surface area (Å²) in [5.41, 5.74) is 0. The first-order valence-corrected chi connectivity index (χ1v) is 2.14. The van der Waals surface area contributed by atoms with E-state index in [0.29, 0.717) is 0 Å². The summed E-state index contributed by atoms with van der Waals surface area (Å²) in [6.07, 6.45) is 6.91. The molecule has 0 atom stereocenters. The molecule has 0 aliphatic rings. The first kappa shape index (κ1) is 9.52. The van der Waals surface area contributed by atoms with Crippen molar-refractivity contribution in [3.05, 3.63) is 0 Å². The highest BCUT2D eigenvalue weighted by Crippen LogP contribution is 1.77. The van der Waals surface area contributed by atoms with Crippen molar-refractivity contribution in [1.29, 1.82) is 0 Å². The Morgan fingerprint density at radius 2 is 2.14 bits per heavy atom. The molecule has 7 heavy (non-hydrogen) atoms. The van der Waals surface area contributed by atoms with E-state index in [-0.39, 0.29) is 0 Å². The molecule has 0 aliphatic heterocycles. The third-order valence-electron chi connectivity index (χ3n) is 0.394. The highest BCUT2D eigenvalue weighted by molar-refractivity contribution is 5.10. The molecule has 0 heterocycles. The van der Waals surface area contributed by atoms with Crippen molar-refractivity contribution < 1.29 is 4.79 Å². The summed E-state index contributed by atoms with van der Waals surface area (Å²) < 4.78 is 0. The van der Waals surface area contributed by atoms with Gasteiger partial charge in [-0.15, -0.1) is 12.3 Å². The molecule has 0 aliphatic carbocycles. The average molecular weight is 98.1 g/mol. The summed E-state index contributed by atoms with van der Waals surface area (Å²) in [6, 6.07) is 0. The molecule has 0 saturated carbocycles. The highest BCUT2D eigenvalue weighted by Gasteiger charge is 1.61. The van der Waals surface area contributed by atoms with Crippen LogP contribution in [0.3, 0.4) is 0 Å². The molecule has 1 nitrogen and oxygen atoms in total. The van der Waals surface area contributed by atoms with Crippen molar-refractivity contribution in [2.24, 2.45) is 0 Å². The van der Waals surface area contributed by atoms with Crippen molar-refractivity contribution in [1.82, 2.24) is 0 Å². The van der Waals surface area contributed by atoms with E-state index in [2.05, 4.69) is 12.8 Å². The third kappa shape index (κ3) is 36.1. The zero-order valence-corrected chi connectivity index (χ0v) is 4.61. The number of rotatable bonds is 1. The quantitative estimate of drug-likeness (QED) is 0.451. The van der Waals surface area contributed by atoms with Gasteiger partial charge in [0.2, 0.25) is 0 Å². The topological polar surface area (TPSA) is 17.1 Å². The Balaban J connectivity index is 0. The second kappa shape index (κ2) is 18.8. The molecule has 1 heteroatoms. The first-order chi connectivity index (χ1) is 3.41. The van der Waals surface area contributed by atoms with Crippen molar-refractivity contribution in [3.8, 4) is 12.3 Å². The molecule has 0 aromatic heterocycles. The lowest BCUT2D eigenvalue weighted by Gasteiger charge is -1.69. The third-order valence-corrected chi connectivity index (χ3v) is 0.394. The largest absolute Gasteiger partial charge is 0.307 e. The Hall–Kier alpha value is -0.770. The Bertz CT molecular complexity index is 51.7. The van der Waals surface area contributed by atoms with Gasteiger partial charge in [-0.3, -0.25) is 0 Å². The maximum absolute atomic E-state index is 8.00. The van der Waals surface area contributed by atoms with Crippen LogP contribution in [0.4, 0.5) is 0 Å². The molecule has 0 N–H and O–H groups in total. The number of hydrogen-bond acceptors (Lipinski definition) is 1. The van der Waals surface area contributed by atoms with Crippen LogP contribution >= 0.6 is 0 Å². The minimum Gasteiger partial charge on any atom is -0.307 e. The van der Waals surface area contributed by atoms with Crippen LogP contribution in [0.25, 0.3) is 0 Å². The summed E-state index contributed by atoms with van der Waals surface area (Å²) in [5.74, 6) is 2.52. The lowest BCUT2D eigenvalue weighted by molar-refractivity contribution is -0.0979. The van der Waals surface area contributed by atoms with Gasteiger partial charge in [-0.05, 0) is 6.42 Å². The Labute approximate surface area is 44.7 Å². The Morgan fingerprint density at radius 1 is 1.71 bits per heavy atom. The van der Waals surface area contributed by atoms with Crippen LogP contribution in [-0.4, -0.2) is 6.79 Å². The van der Waals surface area contributed by atoms with E-state index in [9.17, 15) is 0 Å². The zero-order chi connectivity index (χ0) is 6.12. The van der Waals surface area contributed by atoms with Gasteiger partial charge >= 0.3 is 0 Å². The molecule has 0 aromatic rings. The van der Waals surface area contributed by atoms with E-state index in [1.54, 1.807) is 0 Å². The molecule has 0 amide bonds. The van der Waals surface area contributed by atoms with E-state index in [1.165, 1.54) is 0 Å². The number of unbranched alkanes of at least 4 members (excludes halogenated alkanes) is 1. The molecule has 0 bridgehead atoms. The van der Waals surface area contributed by atoms with Crippen LogP contribution < -0.4 is 0 Å². The number of carbonyl (C=O) groups excluding carboxylic acids is 1. The fraction of sp³-hybridized carbons (Fsp3) is 0.500. The summed E-state index contributed by atoms with van der Waals surface area (Å²) in [6.45, 7) is 4.07. The zero-order valence-electron chi connectivity index (χ0n) is 4.61. The molecule has 0 saturated heterocycles. The lowest BCUT2D eigenvalue weighted by Crippen LogP contribution is -1.53. The molecule has 0 unspecified atom stereocenters. The van der Waals surface area contributed by atoms with Gasteiger partial charge in [0.1, 0.15) is 6.79 Å². The van der Waals surface area contributed by atoms with E-state index >= 15 is 0 Å². The lowest BCUT2D eigenvalue weighted by atomic mass is 10.4. The monoisotopic (exact) mass is 98.1 g/mol. The van der Waals surface area contributed by atoms with E-state index in [4.69, 9.17) is 11.2 Å². The van der Waals surface area contributed by atoms with E-state index < -0.39 is 0 Å². The Kier molecular flexibility index (Phi) is 25.6. The molecule has 0 rings (SSSR count). The normalized spacial score (nSPS) is 5.14. The van der Waals surface area contributed by atoms with Crippen LogP contribution in [-0.2, 0) is 4.79 Å². The fourth-order valence-corrected chi connectivity index (χ4v) is 0.144. The standard InChI is InChI=1S/C5H8.CH2O/c1-3-5-4-2;1-2/h1H,4-5H2,2H3;1H2. The number of terminal acetylenes is 1. The van der Waals surface area contributed by atoms with Crippen LogP contribution in [0.15, 0.2) is 0 Å². The first-order valence-electron chi connectivity index (χ1n) is 2.14. The minimum atomic E-state index is 0.917. The molecule has 0 spiro atoms. The maximum Gasteiger partial charge on any atom is 0.106 e. The SMILES string of the molecule is C#CCCC.C=O. The van der Waals surface area contributed by atoms with Gasteiger partial charge in [0, 0.05) is 6.42 Å². The summed E-state index contributed by atoms with van der Waals surface area (Å²) >= 11 is 0. The van der Waals surface area contributed by atoms with Crippen LogP contribution in [0.1, 0.15) is 19.8 Å².